The van der Waals surface area contributed by atoms with Crippen molar-refractivity contribution in [1.82, 2.24) is 29.9 Å². The number of sulfone groups is 1. The number of unbranched alkanes of at least 4 members (excludes halogenated alkanes) is 1. The molecule has 11 heteroatoms. The summed E-state index contributed by atoms with van der Waals surface area (Å²) in [7, 11) is -2.94. The molecule has 10 nitrogen and oxygen atoms in total. The Morgan fingerprint density at radius 3 is 2.65 bits per heavy atom. The molecule has 0 atom stereocenters. The molecule has 0 spiro atoms. The highest BCUT2D eigenvalue weighted by atomic mass is 32.2. The summed E-state index contributed by atoms with van der Waals surface area (Å²) in [4.78, 5) is 13.7. The summed E-state index contributed by atoms with van der Waals surface area (Å²) in [5.41, 5.74) is 5.52. The predicted octanol–water partition coefficient (Wildman–Crippen LogP) is 4.17. The van der Waals surface area contributed by atoms with Crippen LogP contribution in [0, 0.1) is 6.92 Å². The fourth-order valence-corrected chi connectivity index (χ4v) is 5.16. The second-order valence-corrected chi connectivity index (χ2v) is 12.1. The number of benzene rings is 1. The summed E-state index contributed by atoms with van der Waals surface area (Å²) < 4.78 is 30.8. The molecule has 0 amide bonds. The molecule has 1 N–H and O–H groups in total. The smallest absolute Gasteiger partial charge is 0.227 e. The summed E-state index contributed by atoms with van der Waals surface area (Å²) in [6.07, 6.45) is 10.5. The minimum Gasteiger partial charge on any atom is -0.481 e. The molecule has 4 aromatic rings. The van der Waals surface area contributed by atoms with Crippen molar-refractivity contribution in [2.75, 3.05) is 17.3 Å². The van der Waals surface area contributed by atoms with E-state index in [4.69, 9.17) is 9.72 Å². The van der Waals surface area contributed by atoms with Gasteiger partial charge in [0, 0.05) is 41.6 Å². The summed E-state index contributed by atoms with van der Waals surface area (Å²) in [5, 5.41) is 11.4. The summed E-state index contributed by atoms with van der Waals surface area (Å²) >= 11 is 0. The quantitative estimate of drug-likeness (QED) is 0.342. The van der Waals surface area contributed by atoms with E-state index in [2.05, 4.69) is 25.6 Å². The summed E-state index contributed by atoms with van der Waals surface area (Å²) in [5.74, 6) is 1.38. The largest absolute Gasteiger partial charge is 0.481 e. The second-order valence-electron chi connectivity index (χ2n) is 9.83. The lowest BCUT2D eigenvalue weighted by Crippen LogP contribution is -2.31. The molecule has 0 fully saturated rings. The third-order valence-electron chi connectivity index (χ3n) is 6.23. The van der Waals surface area contributed by atoms with Gasteiger partial charge in [-0.1, -0.05) is 5.21 Å². The molecule has 0 unspecified atom stereocenters. The topological polar surface area (TPSA) is 125 Å². The molecular formula is C26H29N7O3S. The van der Waals surface area contributed by atoms with Crippen molar-refractivity contribution in [1.29, 1.82) is 0 Å². The zero-order valence-electron chi connectivity index (χ0n) is 21.3. The molecular weight excluding hydrogens is 490 g/mol. The van der Waals surface area contributed by atoms with Crippen LogP contribution in [-0.2, 0) is 21.9 Å². The van der Waals surface area contributed by atoms with Crippen LogP contribution in [0.3, 0.4) is 0 Å². The number of pyridine rings is 1. The van der Waals surface area contributed by atoms with Crippen molar-refractivity contribution >= 4 is 21.5 Å². The number of hydrogen-bond donors (Lipinski definition) is 1. The van der Waals surface area contributed by atoms with E-state index >= 15 is 0 Å². The Morgan fingerprint density at radius 2 is 1.89 bits per heavy atom. The number of ether oxygens (including phenoxy) is 1. The van der Waals surface area contributed by atoms with E-state index in [9.17, 15) is 8.42 Å². The number of nitrogens with zero attached hydrogens (tertiary/aromatic N) is 6. The van der Waals surface area contributed by atoms with Crippen molar-refractivity contribution in [3.63, 3.8) is 0 Å². The first kappa shape index (κ1) is 24.8. The highest BCUT2D eigenvalue weighted by molar-refractivity contribution is 7.90. The van der Waals surface area contributed by atoms with Gasteiger partial charge in [0.05, 0.1) is 35.2 Å². The van der Waals surface area contributed by atoms with Crippen LogP contribution in [-0.4, -0.2) is 50.4 Å². The van der Waals surface area contributed by atoms with Gasteiger partial charge >= 0.3 is 0 Å². The molecule has 0 radical (unpaired) electrons. The molecule has 192 valence electrons. The van der Waals surface area contributed by atoms with E-state index in [1.54, 1.807) is 23.3 Å². The van der Waals surface area contributed by atoms with Gasteiger partial charge < -0.3 is 10.1 Å². The highest BCUT2D eigenvalue weighted by Gasteiger charge is 2.35. The fraction of sp³-hybridized carbons (Fsp3) is 0.346. The zero-order chi connectivity index (χ0) is 26.2. The minimum atomic E-state index is -2.94. The van der Waals surface area contributed by atoms with E-state index in [0.717, 1.165) is 58.0 Å². The Morgan fingerprint density at radius 1 is 1.05 bits per heavy atom. The maximum atomic E-state index is 11.3. The van der Waals surface area contributed by atoms with E-state index in [1.165, 1.54) is 6.26 Å². The van der Waals surface area contributed by atoms with E-state index in [0.29, 0.717) is 12.4 Å². The molecule has 1 aliphatic rings. The monoisotopic (exact) mass is 519 g/mol. The molecule has 0 aliphatic carbocycles. The fourth-order valence-electron chi connectivity index (χ4n) is 4.43. The number of anilines is 2. The van der Waals surface area contributed by atoms with Gasteiger partial charge in [-0.05, 0) is 63.8 Å². The molecule has 0 saturated heterocycles. The molecule has 1 aromatic carbocycles. The second kappa shape index (κ2) is 9.55. The molecule has 1 aliphatic heterocycles. The van der Waals surface area contributed by atoms with Crippen LogP contribution < -0.4 is 10.1 Å². The Kier molecular flexibility index (Phi) is 6.40. The molecule has 4 heterocycles. The molecule has 0 bridgehead atoms. The molecule has 0 saturated carbocycles. The number of aromatic nitrogens is 6. The SMILES string of the molecule is Cc1cnnn1-c1ccc2c(c1)OC(C)(C)c1nc(Nc3cncc(CCCCS(C)(=O)=O)c3)ncc1-2. The first-order valence-electron chi connectivity index (χ1n) is 12.1. The maximum absolute atomic E-state index is 11.3. The van der Waals surface area contributed by atoms with E-state index in [-0.39, 0.29) is 5.75 Å². The summed E-state index contributed by atoms with van der Waals surface area (Å²) in [6, 6.07) is 7.92. The number of fused-ring (bicyclic) bond motifs is 3. The van der Waals surface area contributed by atoms with Crippen molar-refractivity contribution in [3.05, 3.63) is 66.0 Å². The lowest BCUT2D eigenvalue weighted by atomic mass is 9.91. The predicted molar refractivity (Wildman–Crippen MR) is 141 cm³/mol. The van der Waals surface area contributed by atoms with Crippen LogP contribution >= 0.6 is 0 Å². The lowest BCUT2D eigenvalue weighted by molar-refractivity contribution is 0.100. The Bertz CT molecular complexity index is 1560. The van der Waals surface area contributed by atoms with Gasteiger partial charge in [-0.15, -0.1) is 5.10 Å². The van der Waals surface area contributed by atoms with Crippen molar-refractivity contribution in [2.45, 2.75) is 45.6 Å². The molecule has 37 heavy (non-hydrogen) atoms. The molecule has 3 aromatic heterocycles. The van der Waals surface area contributed by atoms with Crippen LogP contribution in [0.15, 0.2) is 49.1 Å². The zero-order valence-corrected chi connectivity index (χ0v) is 22.1. The molecule has 5 rings (SSSR count). The highest BCUT2D eigenvalue weighted by Crippen LogP contribution is 2.45. The van der Waals surface area contributed by atoms with E-state index < -0.39 is 15.4 Å². The van der Waals surface area contributed by atoms with Gasteiger partial charge in [0.2, 0.25) is 5.95 Å². The average molecular weight is 520 g/mol. The van der Waals surface area contributed by atoms with Crippen molar-refractivity contribution in [3.8, 4) is 22.6 Å². The van der Waals surface area contributed by atoms with Gasteiger partial charge in [0.1, 0.15) is 21.2 Å². The Balaban J connectivity index is 1.36. The average Bonchev–Trinajstić information content (AvgIpc) is 3.27. The van der Waals surface area contributed by atoms with Crippen LogP contribution in [0.4, 0.5) is 11.6 Å². The summed E-state index contributed by atoms with van der Waals surface area (Å²) in [6.45, 7) is 5.92. The van der Waals surface area contributed by atoms with Gasteiger partial charge in [-0.3, -0.25) is 4.98 Å². The minimum absolute atomic E-state index is 0.198. The van der Waals surface area contributed by atoms with Crippen LogP contribution in [0.2, 0.25) is 0 Å². The first-order chi connectivity index (χ1) is 17.6. The number of aryl methyl sites for hydroxylation is 2. The van der Waals surface area contributed by atoms with E-state index in [1.807, 2.05) is 51.2 Å². The van der Waals surface area contributed by atoms with Crippen molar-refractivity contribution in [2.24, 2.45) is 0 Å². The normalized spacial score (nSPS) is 13.9. The number of hydrogen-bond acceptors (Lipinski definition) is 9. The van der Waals surface area contributed by atoms with Gasteiger partial charge in [-0.25, -0.2) is 23.1 Å². The van der Waals surface area contributed by atoms with Gasteiger partial charge in [0.15, 0.2) is 0 Å². The number of nitrogens with one attached hydrogen (secondary N) is 1. The maximum Gasteiger partial charge on any atom is 0.227 e. The van der Waals surface area contributed by atoms with Crippen LogP contribution in [0.5, 0.6) is 5.75 Å². The first-order valence-corrected chi connectivity index (χ1v) is 14.1. The Labute approximate surface area is 216 Å². The Hall–Kier alpha value is -3.86. The van der Waals surface area contributed by atoms with Gasteiger partial charge in [0.25, 0.3) is 0 Å². The van der Waals surface area contributed by atoms with Crippen LogP contribution in [0.25, 0.3) is 16.8 Å². The number of rotatable bonds is 8. The van der Waals surface area contributed by atoms with Crippen molar-refractivity contribution < 1.29 is 13.2 Å². The third-order valence-corrected chi connectivity index (χ3v) is 7.26. The van der Waals surface area contributed by atoms with Gasteiger partial charge in [-0.2, -0.15) is 0 Å². The standard InChI is InChI=1S/C26H29N7O3S/c1-17-13-29-32-33(17)20-8-9-21-22-16-28-25(31-24(22)26(2,3)36-23(21)12-20)30-19-11-18(14-27-15-19)7-5-6-10-37(4,34)35/h8-9,11-16H,5-7,10H2,1-4H3,(H,28,30,31). The van der Waals surface area contributed by atoms with Crippen LogP contribution in [0.1, 0.15) is 43.6 Å². The lowest BCUT2D eigenvalue weighted by Gasteiger charge is -2.34. The third kappa shape index (κ3) is 5.46.